The molecule has 13 heavy (non-hydrogen) atoms. The number of rotatable bonds is 3. The molecular weight excluding hydrogens is 172 g/mol. The van der Waals surface area contributed by atoms with Gasteiger partial charge in [-0.2, -0.15) is 0 Å². The van der Waals surface area contributed by atoms with E-state index in [9.17, 15) is 14.7 Å². The maximum atomic E-state index is 10.9. The Morgan fingerprint density at radius 3 is 2.69 bits per heavy atom. The number of ether oxygens (including phenoxy) is 1. The number of hydrogen-bond acceptors (Lipinski definition) is 4. The highest BCUT2D eigenvalue weighted by atomic mass is 16.5. The van der Waals surface area contributed by atoms with E-state index in [0.29, 0.717) is 0 Å². The van der Waals surface area contributed by atoms with Crippen LogP contribution in [0, 0.1) is 0 Å². The Kier molecular flexibility index (Phi) is 2.64. The van der Waals surface area contributed by atoms with Gasteiger partial charge >= 0.3 is 0 Å². The molecule has 0 saturated carbocycles. The maximum Gasteiger partial charge on any atom is 0.298 e. The summed E-state index contributed by atoms with van der Waals surface area (Å²) in [6.45, 7) is 1.59. The molecule has 68 valence electrons. The molecule has 0 radical (unpaired) electrons. The fraction of sp³-hybridized carbons (Fsp3) is 0.111. The normalized spacial score (nSPS) is 9.31. The Labute approximate surface area is 74.8 Å². The number of phenolic OH excluding ortho intramolecular Hbond substituents is 1. The lowest BCUT2D eigenvalue weighted by Crippen LogP contribution is -1.94. The van der Waals surface area contributed by atoms with E-state index in [1.807, 2.05) is 0 Å². The molecule has 0 atom stereocenters. The predicted molar refractivity (Wildman–Crippen MR) is 44.8 cm³/mol. The van der Waals surface area contributed by atoms with Gasteiger partial charge < -0.3 is 9.84 Å². The molecule has 4 heteroatoms. The molecule has 0 amide bonds. The van der Waals surface area contributed by atoms with E-state index in [1.54, 1.807) is 0 Å². The number of aromatic hydroxyl groups is 1. The summed E-state index contributed by atoms with van der Waals surface area (Å²) in [6, 6.07) is 4.05. The first kappa shape index (κ1) is 9.25. The molecule has 1 aromatic rings. The first-order valence-corrected chi connectivity index (χ1v) is 3.59. The number of phenols is 1. The minimum Gasteiger partial charge on any atom is -0.507 e. The van der Waals surface area contributed by atoms with Crippen LogP contribution in [0.5, 0.6) is 11.5 Å². The zero-order valence-corrected chi connectivity index (χ0v) is 6.98. The minimum absolute atomic E-state index is 0.188. The summed E-state index contributed by atoms with van der Waals surface area (Å²) < 4.78 is 4.47. The molecule has 4 nitrogen and oxygen atoms in total. The van der Waals surface area contributed by atoms with Gasteiger partial charge in [-0.15, -0.1) is 0 Å². The molecule has 1 N–H and O–H groups in total. The Morgan fingerprint density at radius 2 is 2.23 bits per heavy atom. The lowest BCUT2D eigenvalue weighted by atomic mass is 10.1. The van der Waals surface area contributed by atoms with Crippen molar-refractivity contribution in [3.05, 3.63) is 23.8 Å². The monoisotopic (exact) mass is 180 g/mol. The van der Waals surface area contributed by atoms with Gasteiger partial charge in [-0.25, -0.2) is 0 Å². The van der Waals surface area contributed by atoms with E-state index < -0.39 is 0 Å². The summed E-state index contributed by atoms with van der Waals surface area (Å²) in [5.74, 6) is -0.223. The number of carbonyl (C=O) groups is 2. The Morgan fingerprint density at radius 1 is 1.54 bits per heavy atom. The first-order valence-electron chi connectivity index (χ1n) is 3.59. The van der Waals surface area contributed by atoms with E-state index in [0.717, 1.165) is 0 Å². The smallest absolute Gasteiger partial charge is 0.298 e. The SMILES string of the molecule is CC(=O)c1ccc(OC=O)cc1O. The van der Waals surface area contributed by atoms with Crippen molar-refractivity contribution in [3.63, 3.8) is 0 Å². The summed E-state index contributed by atoms with van der Waals surface area (Å²) in [6.07, 6.45) is 0. The third-order valence-corrected chi connectivity index (χ3v) is 1.53. The molecule has 0 spiro atoms. The molecule has 1 rings (SSSR count). The van der Waals surface area contributed by atoms with Gasteiger partial charge in [0.25, 0.3) is 6.47 Å². The zero-order chi connectivity index (χ0) is 9.84. The van der Waals surface area contributed by atoms with E-state index in [-0.39, 0.29) is 29.3 Å². The van der Waals surface area contributed by atoms with E-state index in [1.165, 1.54) is 25.1 Å². The van der Waals surface area contributed by atoms with Gasteiger partial charge in [0.15, 0.2) is 5.78 Å². The minimum atomic E-state index is -0.241. The van der Waals surface area contributed by atoms with Crippen LogP contribution >= 0.6 is 0 Å². The lowest BCUT2D eigenvalue weighted by molar-refractivity contribution is -0.120. The van der Waals surface area contributed by atoms with Crippen LogP contribution in [-0.4, -0.2) is 17.4 Å². The third-order valence-electron chi connectivity index (χ3n) is 1.53. The third kappa shape index (κ3) is 2.05. The van der Waals surface area contributed by atoms with E-state index >= 15 is 0 Å². The summed E-state index contributed by atoms with van der Waals surface area (Å²) >= 11 is 0. The second kappa shape index (κ2) is 3.71. The number of carbonyl (C=O) groups excluding carboxylic acids is 2. The van der Waals surface area contributed by atoms with Crippen molar-refractivity contribution in [2.75, 3.05) is 0 Å². The second-order valence-electron chi connectivity index (χ2n) is 2.45. The number of benzene rings is 1. The standard InChI is InChI=1S/C9H8O4/c1-6(11)8-3-2-7(13-5-10)4-9(8)12/h2-5,12H,1H3. The first-order chi connectivity index (χ1) is 6.15. The van der Waals surface area contributed by atoms with Gasteiger partial charge in [-0.05, 0) is 19.1 Å². The molecule has 0 bridgehead atoms. The van der Waals surface area contributed by atoms with Crippen molar-refractivity contribution in [2.24, 2.45) is 0 Å². The molecule has 0 fully saturated rings. The molecule has 0 heterocycles. The number of ketones is 1. The predicted octanol–water partition coefficient (Wildman–Crippen LogP) is 1.13. The van der Waals surface area contributed by atoms with Crippen molar-refractivity contribution in [3.8, 4) is 11.5 Å². The average molecular weight is 180 g/mol. The summed E-state index contributed by atoms with van der Waals surface area (Å²) in [7, 11) is 0. The van der Waals surface area contributed by atoms with Crippen LogP contribution < -0.4 is 4.74 Å². The van der Waals surface area contributed by atoms with Crippen molar-refractivity contribution in [1.82, 2.24) is 0 Å². The summed E-state index contributed by atoms with van der Waals surface area (Å²) in [5.41, 5.74) is 0.207. The van der Waals surface area contributed by atoms with Crippen molar-refractivity contribution in [1.29, 1.82) is 0 Å². The van der Waals surface area contributed by atoms with Crippen LogP contribution in [0.4, 0.5) is 0 Å². The topological polar surface area (TPSA) is 63.6 Å². The van der Waals surface area contributed by atoms with Crippen LogP contribution in [0.2, 0.25) is 0 Å². The van der Waals surface area contributed by atoms with Gasteiger partial charge in [0, 0.05) is 6.07 Å². The van der Waals surface area contributed by atoms with Gasteiger partial charge in [0.1, 0.15) is 11.5 Å². The fourth-order valence-corrected chi connectivity index (χ4v) is 0.938. The molecule has 0 aliphatic heterocycles. The quantitative estimate of drug-likeness (QED) is 0.559. The highest BCUT2D eigenvalue weighted by Gasteiger charge is 2.06. The Balaban J connectivity index is 3.05. The van der Waals surface area contributed by atoms with E-state index in [4.69, 9.17) is 0 Å². The highest BCUT2D eigenvalue weighted by molar-refractivity contribution is 5.96. The lowest BCUT2D eigenvalue weighted by Gasteiger charge is -2.02. The van der Waals surface area contributed by atoms with Gasteiger partial charge in [0.2, 0.25) is 0 Å². The highest BCUT2D eigenvalue weighted by Crippen LogP contribution is 2.23. The molecule has 0 aromatic heterocycles. The second-order valence-corrected chi connectivity index (χ2v) is 2.45. The van der Waals surface area contributed by atoms with Crippen molar-refractivity contribution < 1.29 is 19.4 Å². The summed E-state index contributed by atoms with van der Waals surface area (Å²) in [5, 5.41) is 9.27. The van der Waals surface area contributed by atoms with Crippen molar-refractivity contribution in [2.45, 2.75) is 6.92 Å². The fourth-order valence-electron chi connectivity index (χ4n) is 0.938. The molecule has 1 aromatic carbocycles. The molecule has 0 saturated heterocycles. The van der Waals surface area contributed by atoms with Crippen LogP contribution in [-0.2, 0) is 4.79 Å². The molecule has 0 aliphatic carbocycles. The molecular formula is C9H8O4. The molecule has 0 unspecified atom stereocenters. The van der Waals surface area contributed by atoms with Gasteiger partial charge in [0.05, 0.1) is 5.56 Å². The van der Waals surface area contributed by atoms with Crippen LogP contribution in [0.1, 0.15) is 17.3 Å². The van der Waals surface area contributed by atoms with Crippen molar-refractivity contribution >= 4 is 12.3 Å². The van der Waals surface area contributed by atoms with Crippen LogP contribution in [0.15, 0.2) is 18.2 Å². The van der Waals surface area contributed by atoms with Gasteiger partial charge in [-0.1, -0.05) is 0 Å². The summed E-state index contributed by atoms with van der Waals surface area (Å²) in [4.78, 5) is 20.8. The zero-order valence-electron chi connectivity index (χ0n) is 6.98. The maximum absolute atomic E-state index is 10.9. The number of Topliss-reactive ketones (excluding diaryl/α,β-unsaturated/α-hetero) is 1. The number of hydrogen-bond donors (Lipinski definition) is 1. The Bertz CT molecular complexity index is 343. The Hall–Kier alpha value is -1.84. The average Bonchev–Trinajstić information content (AvgIpc) is 2.04. The largest absolute Gasteiger partial charge is 0.507 e. The van der Waals surface area contributed by atoms with Gasteiger partial charge in [-0.3, -0.25) is 9.59 Å². The van der Waals surface area contributed by atoms with E-state index in [2.05, 4.69) is 4.74 Å². The molecule has 0 aliphatic rings. The van der Waals surface area contributed by atoms with Crippen LogP contribution in [0.3, 0.4) is 0 Å². The van der Waals surface area contributed by atoms with Crippen LogP contribution in [0.25, 0.3) is 0 Å².